The highest BCUT2D eigenvalue weighted by Crippen LogP contribution is 2.19. The Balaban J connectivity index is 1.71. The van der Waals surface area contributed by atoms with E-state index in [0.29, 0.717) is 36.1 Å². The molecule has 0 radical (unpaired) electrons. The highest BCUT2D eigenvalue weighted by atomic mass is 16.4. The second-order valence-corrected chi connectivity index (χ2v) is 7.27. The van der Waals surface area contributed by atoms with E-state index in [1.807, 2.05) is 17.9 Å². The monoisotopic (exact) mass is 385 g/mol. The van der Waals surface area contributed by atoms with E-state index in [4.69, 9.17) is 4.42 Å². The van der Waals surface area contributed by atoms with E-state index in [2.05, 4.69) is 27.2 Å². The third-order valence-corrected chi connectivity index (χ3v) is 4.96. The van der Waals surface area contributed by atoms with Gasteiger partial charge in [0.05, 0.1) is 0 Å². The Labute approximate surface area is 164 Å². The molecule has 2 amide bonds. The first-order valence-corrected chi connectivity index (χ1v) is 9.54. The zero-order chi connectivity index (χ0) is 20.3. The van der Waals surface area contributed by atoms with Crippen LogP contribution in [0.4, 0.5) is 0 Å². The Morgan fingerprint density at radius 3 is 2.71 bits per heavy atom. The number of carbonyl (C=O) groups excluding carboxylic acids is 2. The molecule has 1 atom stereocenters. The smallest absolute Gasteiger partial charge is 0.276 e. The van der Waals surface area contributed by atoms with Crippen LogP contribution >= 0.6 is 0 Å². The molecule has 0 aliphatic carbocycles. The van der Waals surface area contributed by atoms with Crippen LogP contribution in [-0.2, 0) is 0 Å². The Morgan fingerprint density at radius 2 is 1.96 bits per heavy atom. The summed E-state index contributed by atoms with van der Waals surface area (Å²) in [6.07, 6.45) is 2.51. The highest BCUT2D eigenvalue weighted by molar-refractivity contribution is 5.94. The number of rotatable bonds is 4. The van der Waals surface area contributed by atoms with Gasteiger partial charge in [0.15, 0.2) is 5.69 Å². The van der Waals surface area contributed by atoms with Crippen molar-refractivity contribution in [2.24, 2.45) is 0 Å². The van der Waals surface area contributed by atoms with Crippen LogP contribution in [0.25, 0.3) is 0 Å². The Hall–Kier alpha value is -2.74. The highest BCUT2D eigenvalue weighted by Gasteiger charge is 2.26. The fourth-order valence-corrected chi connectivity index (χ4v) is 3.25. The molecule has 1 aliphatic rings. The van der Waals surface area contributed by atoms with Crippen LogP contribution in [0.2, 0.25) is 0 Å². The third kappa shape index (κ3) is 4.39. The molecule has 0 unspecified atom stereocenters. The summed E-state index contributed by atoms with van der Waals surface area (Å²) in [6, 6.07) is 3.13. The fraction of sp³-hybridized carbons (Fsp3) is 0.500. The van der Waals surface area contributed by atoms with Crippen molar-refractivity contribution in [3.63, 3.8) is 0 Å². The molecule has 0 saturated carbocycles. The normalized spacial score (nSPS) is 16.5. The predicted molar refractivity (Wildman–Crippen MR) is 104 cm³/mol. The molecule has 0 spiro atoms. The number of nitrogens with zero attached hydrogens (tertiary/aromatic N) is 4. The summed E-state index contributed by atoms with van der Waals surface area (Å²) < 4.78 is 5.70. The van der Waals surface area contributed by atoms with Crippen molar-refractivity contribution in [3.05, 3.63) is 46.9 Å². The molecule has 28 heavy (non-hydrogen) atoms. The number of pyridine rings is 1. The number of hydrogen-bond acceptors (Lipinski definition) is 6. The Bertz CT molecular complexity index is 863. The van der Waals surface area contributed by atoms with E-state index in [9.17, 15) is 9.59 Å². The van der Waals surface area contributed by atoms with E-state index in [0.717, 1.165) is 25.1 Å². The minimum absolute atomic E-state index is 0.123. The minimum atomic E-state index is -0.482. The van der Waals surface area contributed by atoms with Gasteiger partial charge in [-0.3, -0.25) is 14.6 Å². The van der Waals surface area contributed by atoms with E-state index in [1.54, 1.807) is 26.1 Å². The molecule has 1 N–H and O–H groups in total. The van der Waals surface area contributed by atoms with Crippen molar-refractivity contribution in [1.29, 1.82) is 0 Å². The number of aromatic nitrogens is 2. The first-order valence-electron chi connectivity index (χ1n) is 9.54. The maximum Gasteiger partial charge on any atom is 0.276 e. The average Bonchev–Trinajstić information content (AvgIpc) is 2.92. The average molecular weight is 385 g/mol. The van der Waals surface area contributed by atoms with Gasteiger partial charge in [-0.05, 0) is 52.4 Å². The van der Waals surface area contributed by atoms with E-state index < -0.39 is 6.04 Å². The number of likely N-dealkylation sites (N-methyl/N-ethyl adjacent to an activating group) is 1. The van der Waals surface area contributed by atoms with Crippen molar-refractivity contribution in [2.45, 2.75) is 33.2 Å². The molecule has 8 heteroatoms. The van der Waals surface area contributed by atoms with Crippen molar-refractivity contribution >= 4 is 11.8 Å². The summed E-state index contributed by atoms with van der Waals surface area (Å²) >= 11 is 0. The van der Waals surface area contributed by atoms with Crippen molar-refractivity contribution in [1.82, 2.24) is 25.1 Å². The van der Waals surface area contributed by atoms with Gasteiger partial charge in [-0.1, -0.05) is 6.07 Å². The number of aryl methyl sites for hydroxylation is 2. The van der Waals surface area contributed by atoms with Gasteiger partial charge in [-0.2, -0.15) is 0 Å². The third-order valence-electron chi connectivity index (χ3n) is 4.96. The molecule has 1 fully saturated rings. The summed E-state index contributed by atoms with van der Waals surface area (Å²) in [5.74, 6) is 0.356. The number of nitrogens with one attached hydrogen (secondary N) is 1. The first kappa shape index (κ1) is 20.0. The molecule has 0 aromatic carbocycles. The maximum atomic E-state index is 12.9. The number of hydrogen-bond donors (Lipinski definition) is 1. The lowest BCUT2D eigenvalue weighted by Crippen LogP contribution is -2.35. The molecule has 3 heterocycles. The Kier molecular flexibility index (Phi) is 6.08. The second-order valence-electron chi connectivity index (χ2n) is 7.27. The zero-order valence-electron chi connectivity index (χ0n) is 16.9. The van der Waals surface area contributed by atoms with Gasteiger partial charge in [0.25, 0.3) is 11.8 Å². The summed E-state index contributed by atoms with van der Waals surface area (Å²) in [4.78, 5) is 37.9. The molecule has 0 bridgehead atoms. The van der Waals surface area contributed by atoms with Gasteiger partial charge in [0.2, 0.25) is 5.89 Å². The van der Waals surface area contributed by atoms with Crippen LogP contribution < -0.4 is 5.32 Å². The quantitative estimate of drug-likeness (QED) is 0.865. The molecular formula is C20H27N5O3. The van der Waals surface area contributed by atoms with E-state index >= 15 is 0 Å². The topological polar surface area (TPSA) is 91.6 Å². The molecular weight excluding hydrogens is 358 g/mol. The van der Waals surface area contributed by atoms with E-state index in [1.165, 1.54) is 0 Å². The van der Waals surface area contributed by atoms with Gasteiger partial charge < -0.3 is 19.5 Å². The predicted octanol–water partition coefficient (Wildman–Crippen LogP) is 1.96. The molecule has 1 saturated heterocycles. The summed E-state index contributed by atoms with van der Waals surface area (Å²) in [6.45, 7) is 8.52. The lowest BCUT2D eigenvalue weighted by molar-refractivity contribution is 0.0755. The van der Waals surface area contributed by atoms with Crippen molar-refractivity contribution in [3.8, 4) is 0 Å². The molecule has 8 nitrogen and oxygen atoms in total. The summed E-state index contributed by atoms with van der Waals surface area (Å²) in [7, 11) is 2.06. The lowest BCUT2D eigenvalue weighted by Gasteiger charge is -2.19. The molecule has 2 aromatic heterocycles. The summed E-state index contributed by atoms with van der Waals surface area (Å²) in [5, 5.41) is 2.84. The maximum absolute atomic E-state index is 12.9. The van der Waals surface area contributed by atoms with Crippen molar-refractivity contribution < 1.29 is 14.0 Å². The van der Waals surface area contributed by atoms with Crippen LogP contribution in [-0.4, -0.2) is 64.8 Å². The standard InChI is InChI=1S/C20H27N5O3/c1-13-7-5-8-21-16(13)18(26)22-14(2)19-23-17(15(3)28-19)20(27)25-10-6-9-24(4)11-12-25/h5,7-8,14H,6,9-12H2,1-4H3,(H,22,26)/t14-/m1/s1. The molecule has 3 rings (SSSR count). The van der Waals surface area contributed by atoms with Crippen LogP contribution in [0.1, 0.15) is 57.6 Å². The SMILES string of the molecule is Cc1cccnc1C(=O)N[C@H](C)c1nc(C(=O)N2CCCN(C)CC2)c(C)o1. The number of amides is 2. The van der Waals surface area contributed by atoms with Crippen LogP contribution in [0.3, 0.4) is 0 Å². The van der Waals surface area contributed by atoms with Gasteiger partial charge >= 0.3 is 0 Å². The van der Waals surface area contributed by atoms with Gasteiger partial charge in [-0.25, -0.2) is 4.98 Å². The van der Waals surface area contributed by atoms with Crippen LogP contribution in [0, 0.1) is 13.8 Å². The lowest BCUT2D eigenvalue weighted by atomic mass is 10.2. The zero-order valence-corrected chi connectivity index (χ0v) is 16.9. The van der Waals surface area contributed by atoms with Gasteiger partial charge in [0, 0.05) is 25.8 Å². The second kappa shape index (κ2) is 8.52. The summed E-state index contributed by atoms with van der Waals surface area (Å²) in [5.41, 5.74) is 1.47. The first-order chi connectivity index (χ1) is 13.4. The number of carbonyl (C=O) groups is 2. The molecule has 2 aromatic rings. The molecule has 1 aliphatic heterocycles. The fourth-order valence-electron chi connectivity index (χ4n) is 3.25. The van der Waals surface area contributed by atoms with Crippen LogP contribution in [0.15, 0.2) is 22.7 Å². The Morgan fingerprint density at radius 1 is 1.18 bits per heavy atom. The van der Waals surface area contributed by atoms with E-state index in [-0.39, 0.29) is 11.8 Å². The molecule has 150 valence electrons. The minimum Gasteiger partial charge on any atom is -0.443 e. The van der Waals surface area contributed by atoms with Crippen LogP contribution in [0.5, 0.6) is 0 Å². The van der Waals surface area contributed by atoms with Gasteiger partial charge in [-0.15, -0.1) is 0 Å². The van der Waals surface area contributed by atoms with Gasteiger partial charge in [0.1, 0.15) is 17.5 Å². The van der Waals surface area contributed by atoms with Crippen molar-refractivity contribution in [2.75, 3.05) is 33.2 Å². The number of oxazole rings is 1. The largest absolute Gasteiger partial charge is 0.443 e.